The molecule has 0 radical (unpaired) electrons. The number of carbonyl (C=O) groups is 1. The zero-order chi connectivity index (χ0) is 13.1. The van der Waals surface area contributed by atoms with E-state index >= 15 is 0 Å². The van der Waals surface area contributed by atoms with E-state index in [4.69, 9.17) is 0 Å². The van der Waals surface area contributed by atoms with Gasteiger partial charge in [0.1, 0.15) is 0 Å². The van der Waals surface area contributed by atoms with Gasteiger partial charge in [0, 0.05) is 18.0 Å². The number of Topliss-reactive ketones (excluding diaryl/α,β-unsaturated/α-hetero) is 1. The van der Waals surface area contributed by atoms with Crippen LogP contribution in [0.2, 0.25) is 0 Å². The molecule has 0 atom stereocenters. The van der Waals surface area contributed by atoms with Gasteiger partial charge in [-0.1, -0.05) is 37.5 Å². The number of ketones is 1. The van der Waals surface area contributed by atoms with Crippen LogP contribution < -0.4 is 0 Å². The van der Waals surface area contributed by atoms with Crippen LogP contribution in [0.15, 0.2) is 24.3 Å². The molecule has 2 heteroatoms. The highest BCUT2D eigenvalue weighted by Crippen LogP contribution is 2.27. The highest BCUT2D eigenvalue weighted by Gasteiger charge is 2.22. The Labute approximate surface area is 115 Å². The summed E-state index contributed by atoms with van der Waals surface area (Å²) in [6.45, 7) is 3.42. The van der Waals surface area contributed by atoms with Gasteiger partial charge in [-0.2, -0.15) is 0 Å². The second-order valence-corrected chi connectivity index (χ2v) is 6.03. The summed E-state index contributed by atoms with van der Waals surface area (Å²) in [6.07, 6.45) is 7.26. The maximum absolute atomic E-state index is 12.5. The van der Waals surface area contributed by atoms with E-state index in [0.717, 1.165) is 24.9 Å². The molecule has 102 valence electrons. The molecule has 1 saturated carbocycles. The molecule has 1 saturated heterocycles. The molecule has 2 aliphatic rings. The Kier molecular flexibility index (Phi) is 3.97. The molecule has 0 unspecified atom stereocenters. The van der Waals surface area contributed by atoms with Crippen molar-refractivity contribution in [3.63, 3.8) is 0 Å². The maximum Gasteiger partial charge on any atom is 0.165 e. The van der Waals surface area contributed by atoms with E-state index in [1.807, 2.05) is 12.1 Å². The number of carbonyl (C=O) groups excluding carboxylic acids is 1. The smallest absolute Gasteiger partial charge is 0.165 e. The van der Waals surface area contributed by atoms with Crippen LogP contribution in [0.1, 0.15) is 54.4 Å². The number of likely N-dealkylation sites (tertiary alicyclic amines) is 1. The normalized spacial score (nSPS) is 21.1. The molecule has 0 aromatic heterocycles. The topological polar surface area (TPSA) is 20.3 Å². The van der Waals surface area contributed by atoms with E-state index in [0.29, 0.717) is 5.78 Å². The third-order valence-corrected chi connectivity index (χ3v) is 4.54. The SMILES string of the molecule is O=C(c1cccc(CN2CCC2)c1)C1CCCCC1. The minimum atomic E-state index is 0.285. The monoisotopic (exact) mass is 257 g/mol. The summed E-state index contributed by atoms with van der Waals surface area (Å²) in [4.78, 5) is 14.9. The number of benzene rings is 1. The zero-order valence-electron chi connectivity index (χ0n) is 11.6. The van der Waals surface area contributed by atoms with Gasteiger partial charge in [-0.15, -0.1) is 0 Å². The Bertz CT molecular complexity index is 444. The van der Waals surface area contributed by atoms with Crippen molar-refractivity contribution in [3.8, 4) is 0 Å². The van der Waals surface area contributed by atoms with Crippen molar-refractivity contribution in [3.05, 3.63) is 35.4 Å². The van der Waals surface area contributed by atoms with Gasteiger partial charge in [0.05, 0.1) is 0 Å². The fraction of sp³-hybridized carbons (Fsp3) is 0.588. The first kappa shape index (κ1) is 12.9. The Morgan fingerprint density at radius 1 is 1.11 bits per heavy atom. The third-order valence-electron chi connectivity index (χ3n) is 4.54. The van der Waals surface area contributed by atoms with Crippen LogP contribution in [-0.4, -0.2) is 23.8 Å². The van der Waals surface area contributed by atoms with Crippen LogP contribution in [-0.2, 0) is 6.54 Å². The molecule has 0 spiro atoms. The van der Waals surface area contributed by atoms with Crippen molar-refractivity contribution >= 4 is 5.78 Å². The van der Waals surface area contributed by atoms with Gasteiger partial charge in [-0.3, -0.25) is 9.69 Å². The van der Waals surface area contributed by atoms with Crippen molar-refractivity contribution in [2.75, 3.05) is 13.1 Å². The third kappa shape index (κ3) is 3.06. The molecule has 1 aliphatic heterocycles. The van der Waals surface area contributed by atoms with Crippen LogP contribution in [0.4, 0.5) is 0 Å². The van der Waals surface area contributed by atoms with Crippen molar-refractivity contribution < 1.29 is 4.79 Å². The Balaban J connectivity index is 1.68. The molecule has 0 amide bonds. The molecule has 1 aromatic carbocycles. The lowest BCUT2D eigenvalue weighted by Gasteiger charge is -2.30. The molecule has 19 heavy (non-hydrogen) atoms. The first-order valence-corrected chi connectivity index (χ1v) is 7.68. The summed E-state index contributed by atoms with van der Waals surface area (Å²) in [7, 11) is 0. The van der Waals surface area contributed by atoms with Crippen molar-refractivity contribution in [1.82, 2.24) is 4.90 Å². The molecule has 1 heterocycles. The second-order valence-electron chi connectivity index (χ2n) is 6.03. The summed E-state index contributed by atoms with van der Waals surface area (Å²) < 4.78 is 0. The van der Waals surface area contributed by atoms with E-state index in [-0.39, 0.29) is 5.92 Å². The fourth-order valence-electron chi connectivity index (χ4n) is 3.22. The van der Waals surface area contributed by atoms with Crippen molar-refractivity contribution in [1.29, 1.82) is 0 Å². The molecule has 1 aliphatic carbocycles. The molecule has 3 rings (SSSR count). The summed E-state index contributed by atoms with van der Waals surface area (Å²) in [5.41, 5.74) is 2.23. The van der Waals surface area contributed by atoms with Crippen molar-refractivity contribution in [2.45, 2.75) is 45.1 Å². The van der Waals surface area contributed by atoms with Crippen LogP contribution >= 0.6 is 0 Å². The lowest BCUT2D eigenvalue weighted by atomic mass is 9.83. The lowest BCUT2D eigenvalue weighted by molar-refractivity contribution is 0.0889. The molecular weight excluding hydrogens is 234 g/mol. The summed E-state index contributed by atoms with van der Waals surface area (Å²) in [5.74, 6) is 0.665. The van der Waals surface area contributed by atoms with E-state index in [1.165, 1.54) is 44.3 Å². The molecular formula is C17H23NO. The highest BCUT2D eigenvalue weighted by atomic mass is 16.1. The summed E-state index contributed by atoms with van der Waals surface area (Å²) in [5, 5.41) is 0. The van der Waals surface area contributed by atoms with E-state index in [9.17, 15) is 4.79 Å². The number of nitrogens with zero attached hydrogens (tertiary/aromatic N) is 1. The van der Waals surface area contributed by atoms with Gasteiger partial charge in [0.2, 0.25) is 0 Å². The summed E-state index contributed by atoms with van der Waals surface area (Å²) >= 11 is 0. The van der Waals surface area contributed by atoms with Crippen LogP contribution in [0.5, 0.6) is 0 Å². The first-order chi connectivity index (χ1) is 9.33. The standard InChI is InChI=1S/C17H23NO/c19-17(15-7-2-1-3-8-15)16-9-4-6-14(12-16)13-18-10-5-11-18/h4,6,9,12,15H,1-3,5,7-8,10-11,13H2. The average molecular weight is 257 g/mol. The van der Waals surface area contributed by atoms with Crippen molar-refractivity contribution in [2.24, 2.45) is 5.92 Å². The Morgan fingerprint density at radius 2 is 1.89 bits per heavy atom. The maximum atomic E-state index is 12.5. The minimum absolute atomic E-state index is 0.285. The Morgan fingerprint density at radius 3 is 2.58 bits per heavy atom. The highest BCUT2D eigenvalue weighted by molar-refractivity contribution is 5.98. The quantitative estimate of drug-likeness (QED) is 0.767. The number of hydrogen-bond acceptors (Lipinski definition) is 2. The number of hydrogen-bond donors (Lipinski definition) is 0. The largest absolute Gasteiger partial charge is 0.299 e. The van der Waals surface area contributed by atoms with Gasteiger partial charge >= 0.3 is 0 Å². The van der Waals surface area contributed by atoms with Gasteiger partial charge < -0.3 is 0 Å². The van der Waals surface area contributed by atoms with Gasteiger partial charge in [0.15, 0.2) is 5.78 Å². The van der Waals surface area contributed by atoms with Crippen LogP contribution in [0.3, 0.4) is 0 Å². The van der Waals surface area contributed by atoms with Crippen LogP contribution in [0, 0.1) is 5.92 Å². The number of rotatable bonds is 4. The van der Waals surface area contributed by atoms with Crippen LogP contribution in [0.25, 0.3) is 0 Å². The second kappa shape index (κ2) is 5.87. The fourth-order valence-corrected chi connectivity index (χ4v) is 3.22. The molecule has 2 fully saturated rings. The van der Waals surface area contributed by atoms with E-state index in [2.05, 4.69) is 17.0 Å². The minimum Gasteiger partial charge on any atom is -0.299 e. The van der Waals surface area contributed by atoms with Gasteiger partial charge in [-0.25, -0.2) is 0 Å². The Hall–Kier alpha value is -1.15. The molecule has 0 bridgehead atoms. The molecule has 2 nitrogen and oxygen atoms in total. The summed E-state index contributed by atoms with van der Waals surface area (Å²) in [6, 6.07) is 8.31. The van der Waals surface area contributed by atoms with E-state index in [1.54, 1.807) is 0 Å². The first-order valence-electron chi connectivity index (χ1n) is 7.68. The predicted molar refractivity (Wildman–Crippen MR) is 77.2 cm³/mol. The van der Waals surface area contributed by atoms with Gasteiger partial charge in [-0.05, 0) is 44.0 Å². The average Bonchev–Trinajstić information content (AvgIpc) is 2.43. The molecule has 0 N–H and O–H groups in total. The predicted octanol–water partition coefficient (Wildman–Crippen LogP) is 3.66. The van der Waals surface area contributed by atoms with E-state index < -0.39 is 0 Å². The lowest BCUT2D eigenvalue weighted by Crippen LogP contribution is -2.36. The zero-order valence-corrected chi connectivity index (χ0v) is 11.6. The van der Waals surface area contributed by atoms with Gasteiger partial charge in [0.25, 0.3) is 0 Å². The molecule has 1 aromatic rings.